The molecule has 0 radical (unpaired) electrons. The lowest BCUT2D eigenvalue weighted by molar-refractivity contribution is -0.263. The number of carbonyl (C=O) groups is 2. The van der Waals surface area contributed by atoms with Crippen molar-refractivity contribution in [2.24, 2.45) is 5.92 Å². The van der Waals surface area contributed by atoms with E-state index < -0.39 is 17.7 Å². The maximum atomic E-state index is 11.0. The van der Waals surface area contributed by atoms with E-state index in [1.165, 1.54) is 0 Å². The van der Waals surface area contributed by atoms with E-state index in [0.29, 0.717) is 0 Å². The Bertz CT molecular complexity index is 238. The summed E-state index contributed by atoms with van der Waals surface area (Å²) in [6, 6.07) is 0. The highest BCUT2D eigenvalue weighted by Gasteiger charge is 2.47. The van der Waals surface area contributed by atoms with Gasteiger partial charge in [-0.1, -0.05) is 6.42 Å². The molecular formula is C9H12O4. The minimum absolute atomic E-state index is 0.195. The molecule has 0 aromatic heterocycles. The fraction of sp³-hybridized carbons (Fsp3) is 0.778. The summed E-state index contributed by atoms with van der Waals surface area (Å²) in [4.78, 5) is 22.0. The van der Waals surface area contributed by atoms with Gasteiger partial charge in [0.25, 0.3) is 5.79 Å². The maximum Gasteiger partial charge on any atom is 0.320 e. The van der Waals surface area contributed by atoms with Gasteiger partial charge in [-0.2, -0.15) is 0 Å². The first kappa shape index (κ1) is 8.53. The highest BCUT2D eigenvalue weighted by atomic mass is 16.7. The third-order valence-electron chi connectivity index (χ3n) is 2.77. The monoisotopic (exact) mass is 184 g/mol. The molecule has 1 heterocycles. The summed E-state index contributed by atoms with van der Waals surface area (Å²) in [5.74, 6) is -1.72. The van der Waals surface area contributed by atoms with Gasteiger partial charge in [-0.15, -0.1) is 0 Å². The van der Waals surface area contributed by atoms with Gasteiger partial charge < -0.3 is 9.47 Å². The molecule has 2 rings (SSSR count). The van der Waals surface area contributed by atoms with Crippen molar-refractivity contribution in [3.05, 3.63) is 0 Å². The first-order chi connectivity index (χ1) is 6.10. The van der Waals surface area contributed by atoms with Crippen molar-refractivity contribution in [1.82, 2.24) is 0 Å². The fourth-order valence-electron chi connectivity index (χ4n) is 1.76. The first-order valence-corrected chi connectivity index (χ1v) is 4.54. The quantitative estimate of drug-likeness (QED) is 0.450. The molecule has 0 spiro atoms. The van der Waals surface area contributed by atoms with Crippen LogP contribution in [0, 0.1) is 5.92 Å². The maximum absolute atomic E-state index is 11.0. The summed E-state index contributed by atoms with van der Waals surface area (Å²) >= 11 is 0. The van der Waals surface area contributed by atoms with E-state index in [-0.39, 0.29) is 12.3 Å². The van der Waals surface area contributed by atoms with Gasteiger partial charge >= 0.3 is 11.9 Å². The predicted molar refractivity (Wildman–Crippen MR) is 42.5 cm³/mol. The standard InChI is InChI=1S/C9H12O4/c1-9(6-3-2-4-6)12-7(10)5-8(11)13-9/h6H,2-5H2,1H3. The molecule has 0 amide bonds. The number of carbonyl (C=O) groups excluding carboxylic acids is 2. The van der Waals surface area contributed by atoms with Gasteiger partial charge in [-0.3, -0.25) is 9.59 Å². The summed E-state index contributed by atoms with van der Waals surface area (Å²) in [6.45, 7) is 1.67. The average molecular weight is 184 g/mol. The molecule has 0 bridgehead atoms. The van der Waals surface area contributed by atoms with Crippen LogP contribution in [0.2, 0.25) is 0 Å². The third kappa shape index (κ3) is 1.41. The summed E-state index contributed by atoms with van der Waals surface area (Å²) in [7, 11) is 0. The van der Waals surface area contributed by atoms with Gasteiger partial charge in [0.15, 0.2) is 0 Å². The topological polar surface area (TPSA) is 52.6 Å². The number of rotatable bonds is 1. The lowest BCUT2D eigenvalue weighted by Gasteiger charge is -2.42. The average Bonchev–Trinajstić information content (AvgIpc) is 1.75. The molecule has 4 heteroatoms. The molecule has 13 heavy (non-hydrogen) atoms. The molecule has 0 aromatic carbocycles. The Labute approximate surface area is 76.2 Å². The van der Waals surface area contributed by atoms with Crippen LogP contribution in [0.5, 0.6) is 0 Å². The molecule has 0 aromatic rings. The van der Waals surface area contributed by atoms with Crippen molar-refractivity contribution < 1.29 is 19.1 Å². The Morgan fingerprint density at radius 1 is 1.23 bits per heavy atom. The molecular weight excluding hydrogens is 172 g/mol. The largest absolute Gasteiger partial charge is 0.422 e. The lowest BCUT2D eigenvalue weighted by Crippen LogP contribution is -2.50. The van der Waals surface area contributed by atoms with E-state index in [1.54, 1.807) is 6.92 Å². The number of hydrogen-bond donors (Lipinski definition) is 0. The van der Waals surface area contributed by atoms with E-state index in [2.05, 4.69) is 0 Å². The molecule has 72 valence electrons. The van der Waals surface area contributed by atoms with E-state index in [4.69, 9.17) is 9.47 Å². The number of ether oxygens (including phenoxy) is 2. The van der Waals surface area contributed by atoms with Crippen LogP contribution in [-0.2, 0) is 19.1 Å². The second-order valence-corrected chi connectivity index (χ2v) is 3.77. The third-order valence-corrected chi connectivity index (χ3v) is 2.77. The van der Waals surface area contributed by atoms with Crippen LogP contribution in [0.3, 0.4) is 0 Å². The Morgan fingerprint density at radius 3 is 2.15 bits per heavy atom. The van der Waals surface area contributed by atoms with Crippen molar-refractivity contribution in [3.8, 4) is 0 Å². The molecule has 0 N–H and O–H groups in total. The Hall–Kier alpha value is -1.06. The Morgan fingerprint density at radius 2 is 1.77 bits per heavy atom. The molecule has 1 aliphatic heterocycles. The zero-order valence-corrected chi connectivity index (χ0v) is 7.54. The van der Waals surface area contributed by atoms with Crippen LogP contribution in [0.4, 0.5) is 0 Å². The summed E-state index contributed by atoms with van der Waals surface area (Å²) in [5, 5.41) is 0. The van der Waals surface area contributed by atoms with Crippen LogP contribution in [-0.4, -0.2) is 17.7 Å². The van der Waals surface area contributed by atoms with E-state index in [0.717, 1.165) is 19.3 Å². The van der Waals surface area contributed by atoms with Crippen molar-refractivity contribution in [3.63, 3.8) is 0 Å². The minimum atomic E-state index is -0.981. The van der Waals surface area contributed by atoms with Gasteiger partial charge in [-0.25, -0.2) is 0 Å². The molecule has 1 saturated heterocycles. The van der Waals surface area contributed by atoms with Crippen molar-refractivity contribution in [2.45, 2.75) is 38.4 Å². The van der Waals surface area contributed by atoms with Crippen molar-refractivity contribution in [2.75, 3.05) is 0 Å². The Kier molecular flexibility index (Phi) is 1.78. The number of cyclic esters (lactones) is 2. The first-order valence-electron chi connectivity index (χ1n) is 4.54. The van der Waals surface area contributed by atoms with Crippen LogP contribution in [0.1, 0.15) is 32.6 Å². The minimum Gasteiger partial charge on any atom is -0.422 e. The summed E-state index contributed by atoms with van der Waals surface area (Å²) in [6.07, 6.45) is 2.81. The second-order valence-electron chi connectivity index (χ2n) is 3.77. The lowest BCUT2D eigenvalue weighted by atomic mass is 9.79. The van der Waals surface area contributed by atoms with Crippen LogP contribution >= 0.6 is 0 Å². The summed E-state index contributed by atoms with van der Waals surface area (Å²) in [5.41, 5.74) is 0. The SMILES string of the molecule is CC1(C2CCC2)OC(=O)CC(=O)O1. The molecule has 0 unspecified atom stereocenters. The highest BCUT2D eigenvalue weighted by molar-refractivity contribution is 5.93. The normalized spacial score (nSPS) is 27.5. The predicted octanol–water partition coefficient (Wildman–Crippen LogP) is 0.993. The van der Waals surface area contributed by atoms with E-state index >= 15 is 0 Å². The zero-order valence-electron chi connectivity index (χ0n) is 7.54. The zero-order chi connectivity index (χ0) is 9.47. The van der Waals surface area contributed by atoms with Gasteiger partial charge in [0, 0.05) is 12.8 Å². The van der Waals surface area contributed by atoms with Gasteiger partial charge in [0.1, 0.15) is 6.42 Å². The van der Waals surface area contributed by atoms with E-state index in [1.807, 2.05) is 0 Å². The van der Waals surface area contributed by atoms with Gasteiger partial charge in [0.2, 0.25) is 0 Å². The molecule has 0 atom stereocenters. The summed E-state index contributed by atoms with van der Waals surface area (Å²) < 4.78 is 10.1. The number of esters is 2. The van der Waals surface area contributed by atoms with E-state index in [9.17, 15) is 9.59 Å². The Balaban J connectivity index is 2.11. The van der Waals surface area contributed by atoms with Crippen molar-refractivity contribution >= 4 is 11.9 Å². The van der Waals surface area contributed by atoms with Gasteiger partial charge in [0.05, 0.1) is 0 Å². The molecule has 4 nitrogen and oxygen atoms in total. The van der Waals surface area contributed by atoms with Crippen molar-refractivity contribution in [1.29, 1.82) is 0 Å². The number of hydrogen-bond acceptors (Lipinski definition) is 4. The van der Waals surface area contributed by atoms with Crippen LogP contribution < -0.4 is 0 Å². The second kappa shape index (κ2) is 2.72. The molecule has 1 saturated carbocycles. The van der Waals surface area contributed by atoms with Crippen LogP contribution in [0.15, 0.2) is 0 Å². The molecule has 2 fully saturated rings. The highest BCUT2D eigenvalue weighted by Crippen LogP contribution is 2.40. The smallest absolute Gasteiger partial charge is 0.320 e. The van der Waals surface area contributed by atoms with Gasteiger partial charge in [-0.05, 0) is 12.8 Å². The fourth-order valence-corrected chi connectivity index (χ4v) is 1.76. The molecule has 1 aliphatic carbocycles. The van der Waals surface area contributed by atoms with Crippen LogP contribution in [0.25, 0.3) is 0 Å². The molecule has 2 aliphatic rings.